The van der Waals surface area contributed by atoms with Gasteiger partial charge < -0.3 is 10.1 Å². The van der Waals surface area contributed by atoms with Gasteiger partial charge in [-0.3, -0.25) is 4.98 Å². The number of aryl methyl sites for hydroxylation is 1. The first-order valence-corrected chi connectivity index (χ1v) is 5.79. The third-order valence-electron chi connectivity index (χ3n) is 2.03. The summed E-state index contributed by atoms with van der Waals surface area (Å²) < 4.78 is 6.30. The van der Waals surface area contributed by atoms with E-state index in [4.69, 9.17) is 4.74 Å². The molecule has 88 valence electrons. The molecule has 17 heavy (non-hydrogen) atoms. The fourth-order valence-corrected chi connectivity index (χ4v) is 1.44. The Morgan fingerprint density at radius 3 is 2.71 bits per heavy atom. The lowest BCUT2D eigenvalue weighted by molar-refractivity contribution is 0.456. The largest absolute Gasteiger partial charge is 0.436 e. The molecule has 2 aromatic heterocycles. The van der Waals surface area contributed by atoms with Crippen LogP contribution < -0.4 is 10.1 Å². The molecule has 0 spiro atoms. The van der Waals surface area contributed by atoms with Gasteiger partial charge in [-0.05, 0) is 35.0 Å². The number of hydrogen-bond donors (Lipinski definition) is 1. The smallest absolute Gasteiger partial charge is 0.238 e. The van der Waals surface area contributed by atoms with Gasteiger partial charge in [0.15, 0.2) is 0 Å². The molecule has 1 N–H and O–H groups in total. The van der Waals surface area contributed by atoms with Crippen LogP contribution in [0.4, 0.5) is 5.95 Å². The van der Waals surface area contributed by atoms with E-state index in [1.54, 1.807) is 19.4 Å². The molecular formula is C11H11BrN4O. The molecule has 0 fully saturated rings. The van der Waals surface area contributed by atoms with E-state index in [2.05, 4.69) is 36.2 Å². The number of rotatable bonds is 3. The number of pyridine rings is 1. The Hall–Kier alpha value is -1.69. The molecule has 0 radical (unpaired) electrons. The second-order valence-electron chi connectivity index (χ2n) is 3.33. The molecule has 5 nitrogen and oxygen atoms in total. The van der Waals surface area contributed by atoms with Crippen LogP contribution in [0.5, 0.6) is 11.6 Å². The van der Waals surface area contributed by atoms with Crippen molar-refractivity contribution < 1.29 is 4.74 Å². The van der Waals surface area contributed by atoms with Crippen molar-refractivity contribution in [3.05, 3.63) is 34.7 Å². The summed E-state index contributed by atoms with van der Waals surface area (Å²) in [5.74, 6) is 1.59. The zero-order valence-electron chi connectivity index (χ0n) is 9.44. The minimum atomic E-state index is 0.454. The molecule has 2 heterocycles. The summed E-state index contributed by atoms with van der Waals surface area (Å²) in [6.45, 7) is 1.92. The second-order valence-corrected chi connectivity index (χ2v) is 4.19. The molecule has 0 atom stereocenters. The first kappa shape index (κ1) is 11.8. The molecule has 2 rings (SSSR count). The van der Waals surface area contributed by atoms with Crippen molar-refractivity contribution in [2.75, 3.05) is 12.4 Å². The van der Waals surface area contributed by atoms with Crippen LogP contribution in [-0.4, -0.2) is 22.0 Å². The number of nitrogens with zero attached hydrogens (tertiary/aromatic N) is 3. The number of halogens is 1. The highest BCUT2D eigenvalue weighted by Gasteiger charge is 2.06. The summed E-state index contributed by atoms with van der Waals surface area (Å²) in [6.07, 6.45) is 3.29. The van der Waals surface area contributed by atoms with Crippen molar-refractivity contribution >= 4 is 21.9 Å². The molecule has 0 aliphatic rings. The molecule has 0 bridgehead atoms. The van der Waals surface area contributed by atoms with E-state index in [1.165, 1.54) is 0 Å². The van der Waals surface area contributed by atoms with Crippen molar-refractivity contribution in [3.63, 3.8) is 0 Å². The van der Waals surface area contributed by atoms with E-state index in [0.29, 0.717) is 22.1 Å². The van der Waals surface area contributed by atoms with E-state index in [-0.39, 0.29) is 0 Å². The average molecular weight is 295 g/mol. The van der Waals surface area contributed by atoms with Crippen LogP contribution in [0.2, 0.25) is 0 Å². The summed E-state index contributed by atoms with van der Waals surface area (Å²) in [5.41, 5.74) is 0.940. The van der Waals surface area contributed by atoms with E-state index < -0.39 is 0 Å². The van der Waals surface area contributed by atoms with Crippen LogP contribution in [0.25, 0.3) is 0 Å². The van der Waals surface area contributed by atoms with E-state index >= 15 is 0 Å². The van der Waals surface area contributed by atoms with Crippen LogP contribution in [0, 0.1) is 6.92 Å². The normalized spacial score (nSPS) is 10.1. The molecule has 0 aliphatic carbocycles. The van der Waals surface area contributed by atoms with Gasteiger partial charge in [-0.15, -0.1) is 0 Å². The number of anilines is 1. The highest BCUT2D eigenvalue weighted by atomic mass is 79.9. The highest BCUT2D eigenvalue weighted by Crippen LogP contribution is 2.27. The van der Waals surface area contributed by atoms with Crippen molar-refractivity contribution in [1.29, 1.82) is 0 Å². The minimum absolute atomic E-state index is 0.454. The lowest BCUT2D eigenvalue weighted by atomic mass is 10.4. The van der Waals surface area contributed by atoms with E-state index in [0.717, 1.165) is 5.69 Å². The molecule has 6 heteroatoms. The Kier molecular flexibility index (Phi) is 3.53. The minimum Gasteiger partial charge on any atom is -0.436 e. The van der Waals surface area contributed by atoms with Crippen molar-refractivity contribution in [2.24, 2.45) is 0 Å². The van der Waals surface area contributed by atoms with Crippen molar-refractivity contribution in [1.82, 2.24) is 15.0 Å². The Bertz CT molecular complexity index is 515. The van der Waals surface area contributed by atoms with Gasteiger partial charge >= 0.3 is 0 Å². The van der Waals surface area contributed by atoms with Crippen LogP contribution in [0.15, 0.2) is 29.0 Å². The first-order valence-electron chi connectivity index (χ1n) is 5.00. The lowest BCUT2D eigenvalue weighted by Gasteiger charge is -2.07. The summed E-state index contributed by atoms with van der Waals surface area (Å²) >= 11 is 3.33. The summed E-state index contributed by atoms with van der Waals surface area (Å²) in [4.78, 5) is 12.4. The van der Waals surface area contributed by atoms with Gasteiger partial charge in [0.2, 0.25) is 11.8 Å². The first-order chi connectivity index (χ1) is 8.19. The van der Waals surface area contributed by atoms with Crippen LogP contribution in [-0.2, 0) is 0 Å². The fourth-order valence-electron chi connectivity index (χ4n) is 1.17. The van der Waals surface area contributed by atoms with Crippen LogP contribution >= 0.6 is 15.9 Å². The zero-order valence-corrected chi connectivity index (χ0v) is 11.0. The maximum atomic E-state index is 5.61. The third kappa shape index (κ3) is 2.91. The molecule has 0 aliphatic heterocycles. The van der Waals surface area contributed by atoms with E-state index in [1.807, 2.05) is 19.1 Å². The number of aromatic nitrogens is 3. The second kappa shape index (κ2) is 5.09. The molecule has 0 saturated carbocycles. The molecule has 0 amide bonds. The van der Waals surface area contributed by atoms with Gasteiger partial charge in [0, 0.05) is 12.7 Å². The fraction of sp³-hybridized carbons (Fsp3) is 0.182. The molecule has 0 aromatic carbocycles. The van der Waals surface area contributed by atoms with Gasteiger partial charge in [-0.2, -0.15) is 4.98 Å². The zero-order chi connectivity index (χ0) is 12.3. The third-order valence-corrected chi connectivity index (χ3v) is 2.58. The summed E-state index contributed by atoms with van der Waals surface area (Å²) in [6, 6.07) is 3.72. The van der Waals surface area contributed by atoms with E-state index in [9.17, 15) is 0 Å². The van der Waals surface area contributed by atoms with Crippen LogP contribution in [0.3, 0.4) is 0 Å². The number of nitrogens with one attached hydrogen (secondary N) is 1. The monoisotopic (exact) mass is 294 g/mol. The number of ether oxygens (including phenoxy) is 1. The molecule has 0 unspecified atom stereocenters. The molecule has 0 saturated heterocycles. The Morgan fingerprint density at radius 2 is 2.06 bits per heavy atom. The average Bonchev–Trinajstić information content (AvgIpc) is 2.35. The Labute approximate surface area is 107 Å². The van der Waals surface area contributed by atoms with Crippen LogP contribution in [0.1, 0.15) is 5.69 Å². The summed E-state index contributed by atoms with van der Waals surface area (Å²) in [7, 11) is 1.75. The number of hydrogen-bond acceptors (Lipinski definition) is 5. The lowest BCUT2D eigenvalue weighted by Crippen LogP contribution is -1.98. The quantitative estimate of drug-likeness (QED) is 0.943. The molecular weight excluding hydrogens is 284 g/mol. The van der Waals surface area contributed by atoms with Crippen molar-refractivity contribution in [2.45, 2.75) is 6.92 Å². The van der Waals surface area contributed by atoms with Gasteiger partial charge in [0.05, 0.1) is 16.9 Å². The predicted molar refractivity (Wildman–Crippen MR) is 68.3 cm³/mol. The standard InChI is InChI=1S/C11H11BrN4O/c1-7-3-4-8(5-14-7)17-10-9(12)6-15-11(13-2)16-10/h3-6H,1-2H3,(H,13,15,16). The molecule has 2 aromatic rings. The predicted octanol–water partition coefficient (Wildman–Crippen LogP) is 2.78. The van der Waals surface area contributed by atoms with Gasteiger partial charge in [-0.1, -0.05) is 0 Å². The maximum absolute atomic E-state index is 5.61. The summed E-state index contributed by atoms with van der Waals surface area (Å²) in [5, 5.41) is 2.85. The van der Waals surface area contributed by atoms with Gasteiger partial charge in [-0.25, -0.2) is 4.98 Å². The van der Waals surface area contributed by atoms with Gasteiger partial charge in [0.1, 0.15) is 5.75 Å². The highest BCUT2D eigenvalue weighted by molar-refractivity contribution is 9.10. The topological polar surface area (TPSA) is 59.9 Å². The maximum Gasteiger partial charge on any atom is 0.238 e. The van der Waals surface area contributed by atoms with Gasteiger partial charge in [0.25, 0.3) is 0 Å². The Morgan fingerprint density at radius 1 is 1.24 bits per heavy atom. The SMILES string of the molecule is CNc1ncc(Br)c(Oc2ccc(C)nc2)n1. The Balaban J connectivity index is 2.25. The van der Waals surface area contributed by atoms with Crippen molar-refractivity contribution in [3.8, 4) is 11.6 Å².